The number of nitrogens with one attached hydrogen (secondary N) is 1. The zero-order chi connectivity index (χ0) is 17.6. The highest BCUT2D eigenvalue weighted by molar-refractivity contribution is 6.01. The molecular weight excluding hydrogens is 315 g/mol. The van der Waals surface area contributed by atoms with E-state index in [4.69, 9.17) is 0 Å². The van der Waals surface area contributed by atoms with Crippen LogP contribution in [0.5, 0.6) is 0 Å². The second kappa shape index (κ2) is 7.41. The number of hydrogen-bond acceptors (Lipinski definition) is 2. The number of hydrogen-bond donors (Lipinski definition) is 1. The van der Waals surface area contributed by atoms with Crippen molar-refractivity contribution in [2.75, 3.05) is 0 Å². The third-order valence-electron chi connectivity index (χ3n) is 3.91. The van der Waals surface area contributed by atoms with Crippen LogP contribution in [0.1, 0.15) is 21.5 Å². The minimum absolute atomic E-state index is 0.0970. The van der Waals surface area contributed by atoms with Gasteiger partial charge >= 0.3 is 0 Å². The molecule has 0 saturated heterocycles. The minimum Gasteiger partial charge on any atom is -0.348 e. The van der Waals surface area contributed by atoms with Crippen LogP contribution in [-0.4, -0.2) is 5.91 Å². The van der Waals surface area contributed by atoms with Gasteiger partial charge in [0.2, 0.25) is 0 Å². The Morgan fingerprint density at radius 2 is 1.56 bits per heavy atom. The summed E-state index contributed by atoms with van der Waals surface area (Å²) in [5, 5.41) is 12.0. The SMILES string of the molecule is N#Cc1ccccc1-c1ccccc1C(=O)NCc1ccccc1F. The fourth-order valence-electron chi connectivity index (χ4n) is 2.64. The molecule has 0 bridgehead atoms. The molecule has 0 radical (unpaired) electrons. The Morgan fingerprint density at radius 3 is 2.32 bits per heavy atom. The highest BCUT2D eigenvalue weighted by Crippen LogP contribution is 2.26. The average molecular weight is 330 g/mol. The summed E-state index contributed by atoms with van der Waals surface area (Å²) < 4.78 is 13.7. The number of nitrogens with zero attached hydrogens (tertiary/aromatic N) is 1. The molecule has 0 aromatic heterocycles. The Bertz CT molecular complexity index is 960. The maximum atomic E-state index is 13.7. The monoisotopic (exact) mass is 330 g/mol. The largest absolute Gasteiger partial charge is 0.348 e. The highest BCUT2D eigenvalue weighted by atomic mass is 19.1. The number of nitriles is 1. The molecule has 0 aliphatic carbocycles. The normalized spacial score (nSPS) is 10.1. The lowest BCUT2D eigenvalue weighted by atomic mass is 9.95. The van der Waals surface area contributed by atoms with E-state index in [2.05, 4.69) is 11.4 Å². The number of benzene rings is 3. The first-order valence-corrected chi connectivity index (χ1v) is 7.81. The minimum atomic E-state index is -0.356. The summed E-state index contributed by atoms with van der Waals surface area (Å²) >= 11 is 0. The Morgan fingerprint density at radius 1 is 0.920 bits per heavy atom. The molecule has 3 nitrogen and oxygen atoms in total. The molecule has 0 atom stereocenters. The van der Waals surface area contributed by atoms with E-state index in [1.54, 1.807) is 48.5 Å². The van der Waals surface area contributed by atoms with E-state index in [0.29, 0.717) is 27.8 Å². The van der Waals surface area contributed by atoms with E-state index in [1.165, 1.54) is 6.07 Å². The van der Waals surface area contributed by atoms with E-state index >= 15 is 0 Å². The molecule has 1 amide bonds. The molecule has 0 fully saturated rings. The zero-order valence-corrected chi connectivity index (χ0v) is 13.4. The second-order valence-electron chi connectivity index (χ2n) is 5.48. The predicted molar refractivity (Wildman–Crippen MR) is 94.2 cm³/mol. The van der Waals surface area contributed by atoms with Crippen molar-refractivity contribution in [1.29, 1.82) is 5.26 Å². The molecule has 1 N–H and O–H groups in total. The molecule has 0 aliphatic heterocycles. The van der Waals surface area contributed by atoms with Crippen molar-refractivity contribution < 1.29 is 9.18 Å². The molecule has 3 rings (SSSR count). The van der Waals surface area contributed by atoms with Gasteiger partial charge in [0.15, 0.2) is 0 Å². The summed E-state index contributed by atoms with van der Waals surface area (Å²) in [6, 6.07) is 22.7. The predicted octanol–water partition coefficient (Wildman–Crippen LogP) is 4.29. The van der Waals surface area contributed by atoms with Crippen LogP contribution in [0.2, 0.25) is 0 Å². The van der Waals surface area contributed by atoms with Gasteiger partial charge in [-0.15, -0.1) is 0 Å². The van der Waals surface area contributed by atoms with Crippen LogP contribution >= 0.6 is 0 Å². The van der Waals surface area contributed by atoms with Crippen molar-refractivity contribution in [3.05, 3.63) is 95.3 Å². The van der Waals surface area contributed by atoms with Crippen LogP contribution in [0.4, 0.5) is 4.39 Å². The summed E-state index contributed by atoms with van der Waals surface area (Å²) in [5.41, 5.74) is 2.73. The van der Waals surface area contributed by atoms with E-state index in [-0.39, 0.29) is 18.3 Å². The van der Waals surface area contributed by atoms with Crippen LogP contribution in [0.3, 0.4) is 0 Å². The Kier molecular flexibility index (Phi) is 4.87. The molecule has 25 heavy (non-hydrogen) atoms. The second-order valence-corrected chi connectivity index (χ2v) is 5.48. The first-order valence-electron chi connectivity index (χ1n) is 7.81. The first-order chi connectivity index (χ1) is 12.2. The lowest BCUT2D eigenvalue weighted by molar-refractivity contribution is 0.0951. The lowest BCUT2D eigenvalue weighted by Gasteiger charge is -2.12. The molecule has 3 aromatic rings. The summed E-state index contributed by atoms with van der Waals surface area (Å²) in [5.74, 6) is -0.669. The van der Waals surface area contributed by atoms with E-state index in [9.17, 15) is 14.4 Å². The van der Waals surface area contributed by atoms with Gasteiger partial charge in [0.1, 0.15) is 5.82 Å². The molecule has 122 valence electrons. The Balaban J connectivity index is 1.90. The topological polar surface area (TPSA) is 52.9 Å². The molecule has 0 heterocycles. The van der Waals surface area contributed by atoms with Gasteiger partial charge in [0.05, 0.1) is 11.6 Å². The smallest absolute Gasteiger partial charge is 0.252 e. The van der Waals surface area contributed by atoms with E-state index < -0.39 is 0 Å². The third-order valence-corrected chi connectivity index (χ3v) is 3.91. The number of halogens is 1. The summed E-state index contributed by atoms with van der Waals surface area (Å²) in [6.45, 7) is 0.0970. The lowest BCUT2D eigenvalue weighted by Crippen LogP contribution is -2.24. The van der Waals surface area contributed by atoms with Crippen LogP contribution in [-0.2, 0) is 6.54 Å². The van der Waals surface area contributed by atoms with Gasteiger partial charge in [0, 0.05) is 23.2 Å². The maximum Gasteiger partial charge on any atom is 0.252 e. The summed E-state index contributed by atoms with van der Waals surface area (Å²) in [7, 11) is 0. The van der Waals surface area contributed by atoms with Gasteiger partial charge in [0.25, 0.3) is 5.91 Å². The summed E-state index contributed by atoms with van der Waals surface area (Å²) in [6.07, 6.45) is 0. The van der Waals surface area contributed by atoms with Crippen LogP contribution < -0.4 is 5.32 Å². The Labute approximate surface area is 145 Å². The zero-order valence-electron chi connectivity index (χ0n) is 13.4. The highest BCUT2D eigenvalue weighted by Gasteiger charge is 2.14. The van der Waals surface area contributed by atoms with E-state index in [1.807, 2.05) is 18.2 Å². The van der Waals surface area contributed by atoms with Crippen molar-refractivity contribution >= 4 is 5.91 Å². The number of rotatable bonds is 4. The van der Waals surface area contributed by atoms with Gasteiger partial charge in [-0.2, -0.15) is 5.26 Å². The quantitative estimate of drug-likeness (QED) is 0.775. The standard InChI is InChI=1S/C21H15FN2O/c22-20-12-6-2-8-16(20)14-24-21(25)19-11-5-4-10-18(19)17-9-3-1-7-15(17)13-23/h1-12H,14H2,(H,24,25). The van der Waals surface area contributed by atoms with Crippen molar-refractivity contribution in [2.45, 2.75) is 6.54 Å². The first kappa shape index (κ1) is 16.4. The Hall–Kier alpha value is -3.45. The van der Waals surface area contributed by atoms with Gasteiger partial charge in [-0.3, -0.25) is 4.79 Å². The van der Waals surface area contributed by atoms with Gasteiger partial charge in [-0.05, 0) is 23.8 Å². The van der Waals surface area contributed by atoms with Gasteiger partial charge in [-0.25, -0.2) is 4.39 Å². The van der Waals surface area contributed by atoms with Crippen LogP contribution in [0, 0.1) is 17.1 Å². The molecule has 0 saturated carbocycles. The maximum absolute atomic E-state index is 13.7. The molecule has 4 heteroatoms. The molecule has 0 spiro atoms. The average Bonchev–Trinajstić information content (AvgIpc) is 2.67. The fraction of sp³-hybridized carbons (Fsp3) is 0.0476. The number of amides is 1. The number of carbonyl (C=O) groups excluding carboxylic acids is 1. The summed E-state index contributed by atoms with van der Waals surface area (Å²) in [4.78, 5) is 12.6. The van der Waals surface area contributed by atoms with Crippen molar-refractivity contribution in [3.63, 3.8) is 0 Å². The number of carbonyl (C=O) groups is 1. The van der Waals surface area contributed by atoms with Gasteiger partial charge < -0.3 is 5.32 Å². The molecule has 0 unspecified atom stereocenters. The fourth-order valence-corrected chi connectivity index (χ4v) is 2.64. The van der Waals surface area contributed by atoms with Crippen molar-refractivity contribution in [2.24, 2.45) is 0 Å². The third kappa shape index (κ3) is 3.56. The van der Waals surface area contributed by atoms with Crippen LogP contribution in [0.25, 0.3) is 11.1 Å². The molecule has 0 aliphatic rings. The van der Waals surface area contributed by atoms with Crippen LogP contribution in [0.15, 0.2) is 72.8 Å². The van der Waals surface area contributed by atoms with Crippen molar-refractivity contribution in [1.82, 2.24) is 5.32 Å². The molecule has 3 aromatic carbocycles. The van der Waals surface area contributed by atoms with Gasteiger partial charge in [-0.1, -0.05) is 54.6 Å². The van der Waals surface area contributed by atoms with Crippen molar-refractivity contribution in [3.8, 4) is 17.2 Å². The van der Waals surface area contributed by atoms with E-state index in [0.717, 1.165) is 0 Å². The molecular formula is C21H15FN2O.